The van der Waals surface area contributed by atoms with Crippen LogP contribution < -0.4 is 4.90 Å². The first-order valence-electron chi connectivity index (χ1n) is 12.1. The second-order valence-electron chi connectivity index (χ2n) is 9.17. The van der Waals surface area contributed by atoms with Gasteiger partial charge in [0.05, 0.1) is 31.0 Å². The van der Waals surface area contributed by atoms with Gasteiger partial charge in [0.2, 0.25) is 0 Å². The van der Waals surface area contributed by atoms with Gasteiger partial charge in [0.1, 0.15) is 12.1 Å². The highest BCUT2D eigenvalue weighted by molar-refractivity contribution is 6.23. The molecule has 9 heteroatoms. The lowest BCUT2D eigenvalue weighted by molar-refractivity contribution is -0.120. The van der Waals surface area contributed by atoms with E-state index in [0.717, 1.165) is 32.6 Å². The van der Waals surface area contributed by atoms with Crippen LogP contribution in [0.4, 0.5) is 10.5 Å². The fraction of sp³-hybridized carbons (Fsp3) is 0.172. The third kappa shape index (κ3) is 3.39. The molecule has 1 saturated heterocycles. The van der Waals surface area contributed by atoms with E-state index in [1.54, 1.807) is 47.4 Å². The zero-order valence-electron chi connectivity index (χ0n) is 20.6. The van der Waals surface area contributed by atoms with Crippen LogP contribution in [-0.4, -0.2) is 54.0 Å². The molecule has 6 rings (SSSR count). The molecule has 38 heavy (non-hydrogen) atoms. The van der Waals surface area contributed by atoms with Crippen molar-refractivity contribution in [2.45, 2.75) is 18.5 Å². The van der Waals surface area contributed by atoms with Gasteiger partial charge in [-0.15, -0.1) is 0 Å². The molecule has 190 valence electrons. The minimum absolute atomic E-state index is 0.125. The molecule has 2 aliphatic rings. The van der Waals surface area contributed by atoms with E-state index in [1.807, 2.05) is 24.3 Å². The third-order valence-corrected chi connectivity index (χ3v) is 7.25. The summed E-state index contributed by atoms with van der Waals surface area (Å²) >= 11 is 0. The van der Waals surface area contributed by atoms with Crippen molar-refractivity contribution < 1.29 is 28.7 Å². The van der Waals surface area contributed by atoms with E-state index in [9.17, 15) is 19.2 Å². The molecule has 2 atom stereocenters. The quantitative estimate of drug-likeness (QED) is 0.326. The van der Waals surface area contributed by atoms with Gasteiger partial charge in [-0.25, -0.2) is 19.3 Å². The molecule has 2 unspecified atom stereocenters. The van der Waals surface area contributed by atoms with E-state index in [1.165, 1.54) is 20.3 Å². The molecule has 0 radical (unpaired) electrons. The van der Waals surface area contributed by atoms with E-state index < -0.39 is 36.0 Å². The number of benzene rings is 3. The predicted octanol–water partition coefficient (Wildman–Crippen LogP) is 4.22. The Morgan fingerprint density at radius 2 is 1.55 bits per heavy atom. The van der Waals surface area contributed by atoms with Crippen molar-refractivity contribution in [1.82, 2.24) is 9.88 Å². The Kier molecular flexibility index (Phi) is 5.48. The van der Waals surface area contributed by atoms with E-state index in [0.29, 0.717) is 12.0 Å². The number of methoxy groups -OCH3 is 2. The number of H-pyrrole nitrogens is 1. The summed E-state index contributed by atoms with van der Waals surface area (Å²) in [6.07, 6.45) is 0.317. The van der Waals surface area contributed by atoms with Crippen LogP contribution in [-0.2, 0) is 20.7 Å². The summed E-state index contributed by atoms with van der Waals surface area (Å²) in [6, 6.07) is 19.1. The Labute approximate surface area is 217 Å². The van der Waals surface area contributed by atoms with Crippen LogP contribution in [0.2, 0.25) is 0 Å². The Hall–Kier alpha value is -4.92. The maximum atomic E-state index is 14.0. The number of para-hydroxylation sites is 2. The number of carbonyl (C=O) groups excluding carboxylic acids is 4. The van der Waals surface area contributed by atoms with Crippen LogP contribution >= 0.6 is 0 Å². The number of nitrogens with zero attached hydrogens (tertiary/aromatic N) is 2. The number of rotatable bonds is 4. The smallest absolute Gasteiger partial charge is 0.339 e. The molecule has 4 aromatic rings. The summed E-state index contributed by atoms with van der Waals surface area (Å²) in [6.45, 7) is 0. The Balaban J connectivity index is 1.51. The zero-order chi connectivity index (χ0) is 26.6. The monoisotopic (exact) mass is 509 g/mol. The molecule has 0 saturated carbocycles. The van der Waals surface area contributed by atoms with Crippen molar-refractivity contribution in [1.29, 1.82) is 0 Å². The number of urea groups is 1. The predicted molar refractivity (Wildman–Crippen MR) is 138 cm³/mol. The number of carbonyl (C=O) groups is 4. The van der Waals surface area contributed by atoms with Crippen molar-refractivity contribution in [2.24, 2.45) is 0 Å². The zero-order valence-corrected chi connectivity index (χ0v) is 20.6. The Bertz CT molecular complexity index is 1620. The number of nitrogens with one attached hydrogen (secondary N) is 1. The fourth-order valence-electron chi connectivity index (χ4n) is 5.51. The highest BCUT2D eigenvalue weighted by Gasteiger charge is 2.53. The third-order valence-electron chi connectivity index (χ3n) is 7.25. The molecule has 3 aromatic carbocycles. The van der Waals surface area contributed by atoms with E-state index in [2.05, 4.69) is 4.98 Å². The molecule has 3 heterocycles. The molecular formula is C29H23N3O6. The van der Waals surface area contributed by atoms with Gasteiger partial charge in [-0.2, -0.15) is 0 Å². The molecule has 9 nitrogen and oxygen atoms in total. The topological polar surface area (TPSA) is 109 Å². The van der Waals surface area contributed by atoms with Crippen molar-refractivity contribution >= 4 is 40.5 Å². The average Bonchev–Trinajstić information content (AvgIpc) is 3.45. The minimum atomic E-state index is -0.787. The van der Waals surface area contributed by atoms with Crippen LogP contribution in [0.25, 0.3) is 10.9 Å². The second-order valence-corrected chi connectivity index (χ2v) is 9.17. The van der Waals surface area contributed by atoms with Crippen molar-refractivity contribution in [3.05, 3.63) is 101 Å². The number of amides is 3. The SMILES string of the molecule is COC(=O)c1ccc(C2c3[nH]c4ccccc4c3CC3C(=O)N(c4ccccc4C(=O)OC)C(=O)N32)cc1. The molecular weight excluding hydrogens is 486 g/mol. The van der Waals surface area contributed by atoms with Gasteiger partial charge in [0.25, 0.3) is 5.91 Å². The number of imide groups is 1. The van der Waals surface area contributed by atoms with E-state index in [4.69, 9.17) is 9.47 Å². The summed E-state index contributed by atoms with van der Waals surface area (Å²) < 4.78 is 9.72. The highest BCUT2D eigenvalue weighted by Crippen LogP contribution is 2.45. The summed E-state index contributed by atoms with van der Waals surface area (Å²) in [5, 5.41) is 0.979. The molecule has 0 spiro atoms. The first-order chi connectivity index (χ1) is 18.4. The van der Waals surface area contributed by atoms with Crippen LogP contribution in [0, 0.1) is 0 Å². The summed E-state index contributed by atoms with van der Waals surface area (Å²) in [4.78, 5) is 58.5. The normalized spacial score (nSPS) is 18.4. The summed E-state index contributed by atoms with van der Waals surface area (Å²) in [5.74, 6) is -1.53. The number of aromatic amines is 1. The molecule has 1 aromatic heterocycles. The van der Waals surface area contributed by atoms with E-state index >= 15 is 0 Å². The fourth-order valence-corrected chi connectivity index (χ4v) is 5.51. The molecule has 0 aliphatic carbocycles. The lowest BCUT2D eigenvalue weighted by Crippen LogP contribution is -2.44. The minimum Gasteiger partial charge on any atom is -0.465 e. The molecule has 3 amide bonds. The van der Waals surface area contributed by atoms with Gasteiger partial charge in [-0.3, -0.25) is 9.69 Å². The van der Waals surface area contributed by atoms with Crippen LogP contribution in [0.3, 0.4) is 0 Å². The van der Waals surface area contributed by atoms with Crippen LogP contribution in [0.15, 0.2) is 72.8 Å². The van der Waals surface area contributed by atoms with Gasteiger partial charge in [-0.05, 0) is 41.5 Å². The molecule has 0 bridgehead atoms. The van der Waals surface area contributed by atoms with Crippen molar-refractivity contribution in [3.8, 4) is 0 Å². The number of aromatic nitrogens is 1. The largest absolute Gasteiger partial charge is 0.465 e. The van der Waals surface area contributed by atoms with Gasteiger partial charge < -0.3 is 14.5 Å². The molecule has 2 aliphatic heterocycles. The number of fused-ring (bicyclic) bond motifs is 4. The van der Waals surface area contributed by atoms with Crippen LogP contribution in [0.1, 0.15) is 43.6 Å². The Morgan fingerprint density at radius 3 is 2.29 bits per heavy atom. The number of esters is 2. The van der Waals surface area contributed by atoms with Gasteiger partial charge in [-0.1, -0.05) is 42.5 Å². The number of anilines is 1. The van der Waals surface area contributed by atoms with Crippen molar-refractivity contribution in [3.63, 3.8) is 0 Å². The maximum Gasteiger partial charge on any atom is 0.339 e. The molecule has 1 N–H and O–H groups in total. The lowest BCUT2D eigenvalue weighted by Gasteiger charge is -2.36. The highest BCUT2D eigenvalue weighted by atomic mass is 16.5. The first-order valence-corrected chi connectivity index (χ1v) is 12.1. The number of hydrogen-bond acceptors (Lipinski definition) is 6. The maximum absolute atomic E-state index is 14.0. The molecule has 1 fully saturated rings. The van der Waals surface area contributed by atoms with E-state index in [-0.39, 0.29) is 11.3 Å². The lowest BCUT2D eigenvalue weighted by atomic mass is 9.88. The van der Waals surface area contributed by atoms with Gasteiger partial charge >= 0.3 is 18.0 Å². The van der Waals surface area contributed by atoms with Crippen LogP contribution in [0.5, 0.6) is 0 Å². The van der Waals surface area contributed by atoms with Gasteiger partial charge in [0, 0.05) is 23.0 Å². The number of ether oxygens (including phenoxy) is 2. The Morgan fingerprint density at radius 1 is 0.868 bits per heavy atom. The van der Waals surface area contributed by atoms with Gasteiger partial charge in [0.15, 0.2) is 0 Å². The average molecular weight is 510 g/mol. The van der Waals surface area contributed by atoms with Crippen molar-refractivity contribution in [2.75, 3.05) is 19.1 Å². The summed E-state index contributed by atoms with van der Waals surface area (Å²) in [7, 11) is 2.57. The number of hydrogen-bond donors (Lipinski definition) is 1. The standard InChI is InChI=1S/C29H23N3O6/c1-37-27(34)17-13-11-16(12-14-17)25-24-20(18-7-3-5-9-21(18)30-24)15-23-26(33)32(29(36)31(23)25)22-10-6-4-8-19(22)28(35)38-2/h3-14,23,25,30H,15H2,1-2H3. The second kappa shape index (κ2) is 8.88. The first kappa shape index (κ1) is 23.5. The summed E-state index contributed by atoms with van der Waals surface area (Å²) in [5.41, 5.74) is 4.06.